The van der Waals surface area contributed by atoms with E-state index in [2.05, 4.69) is 27.6 Å². The van der Waals surface area contributed by atoms with E-state index in [1.54, 1.807) is 52.3 Å². The van der Waals surface area contributed by atoms with Crippen molar-refractivity contribution >= 4 is 57.6 Å². The highest BCUT2D eigenvalue weighted by atomic mass is 127. The van der Waals surface area contributed by atoms with Gasteiger partial charge in [0.1, 0.15) is 6.61 Å². The Balaban J connectivity index is 1.60. The molecule has 0 aliphatic carbocycles. The molecule has 0 radical (unpaired) electrons. The van der Waals surface area contributed by atoms with Gasteiger partial charge in [-0.05, 0) is 84.0 Å². The van der Waals surface area contributed by atoms with Crippen molar-refractivity contribution in [2.45, 2.75) is 26.5 Å². The summed E-state index contributed by atoms with van der Waals surface area (Å²) in [6, 6.07) is 15.7. The zero-order chi connectivity index (χ0) is 32.2. The molecule has 9 nitrogen and oxygen atoms in total. The van der Waals surface area contributed by atoms with Crippen LogP contribution in [0.5, 0.6) is 23.0 Å². The molecule has 0 amide bonds. The van der Waals surface area contributed by atoms with Gasteiger partial charge in [-0.2, -0.15) is 0 Å². The number of carbonyl (C=O) groups excluding carboxylic acids is 1. The molecule has 1 aliphatic rings. The highest BCUT2D eigenvalue weighted by Gasteiger charge is 2.34. The lowest BCUT2D eigenvalue weighted by molar-refractivity contribution is -0.139. The van der Waals surface area contributed by atoms with Gasteiger partial charge >= 0.3 is 5.97 Å². The van der Waals surface area contributed by atoms with Crippen molar-refractivity contribution in [1.29, 1.82) is 0 Å². The molecular formula is C33H30ClIN2O7S. The molecule has 0 N–H and O–H groups in total. The fraction of sp³-hybridized carbons (Fsp3) is 0.242. The first-order chi connectivity index (χ1) is 21.7. The largest absolute Gasteiger partial charge is 0.493 e. The van der Waals surface area contributed by atoms with Crippen LogP contribution in [0, 0.1) is 3.57 Å². The molecule has 2 heterocycles. The van der Waals surface area contributed by atoms with E-state index in [-0.39, 0.29) is 24.3 Å². The highest BCUT2D eigenvalue weighted by Crippen LogP contribution is 2.37. The summed E-state index contributed by atoms with van der Waals surface area (Å²) in [5, 5.41) is 0.617. The summed E-state index contributed by atoms with van der Waals surface area (Å²) in [6.45, 7) is 3.92. The Hall–Kier alpha value is -3.81. The minimum Gasteiger partial charge on any atom is -0.493 e. The van der Waals surface area contributed by atoms with Crippen molar-refractivity contribution in [2.75, 3.05) is 27.9 Å². The summed E-state index contributed by atoms with van der Waals surface area (Å²) in [4.78, 5) is 32.4. The van der Waals surface area contributed by atoms with E-state index >= 15 is 0 Å². The fourth-order valence-electron chi connectivity index (χ4n) is 5.01. The second-order valence-electron chi connectivity index (χ2n) is 9.83. The summed E-state index contributed by atoms with van der Waals surface area (Å²) < 4.78 is 30.9. The van der Waals surface area contributed by atoms with Crippen molar-refractivity contribution in [2.24, 2.45) is 4.99 Å². The number of aromatic nitrogens is 1. The van der Waals surface area contributed by atoms with Crippen molar-refractivity contribution in [3.8, 4) is 23.0 Å². The molecule has 0 bridgehead atoms. The third-order valence-electron chi connectivity index (χ3n) is 7.12. The molecular weight excluding hydrogens is 731 g/mol. The lowest BCUT2D eigenvalue weighted by Gasteiger charge is -2.25. The van der Waals surface area contributed by atoms with Crippen LogP contribution in [0.25, 0.3) is 6.08 Å². The predicted octanol–water partition coefficient (Wildman–Crippen LogP) is 5.66. The Bertz CT molecular complexity index is 1990. The molecule has 234 valence electrons. The number of allylic oxidation sites excluding steroid dienone is 1. The second-order valence-corrected chi connectivity index (χ2v) is 12.4. The van der Waals surface area contributed by atoms with Crippen LogP contribution >= 0.6 is 45.5 Å². The molecule has 0 fully saturated rings. The van der Waals surface area contributed by atoms with E-state index in [1.807, 2.05) is 36.4 Å². The number of benzene rings is 3. The number of carbonyl (C=O) groups is 1. The summed E-state index contributed by atoms with van der Waals surface area (Å²) in [5.74, 6) is 1.53. The Morgan fingerprint density at radius 3 is 2.47 bits per heavy atom. The van der Waals surface area contributed by atoms with Crippen molar-refractivity contribution in [3.05, 3.63) is 111 Å². The smallest absolute Gasteiger partial charge is 0.338 e. The molecule has 0 saturated carbocycles. The number of ether oxygens (including phenoxy) is 5. The van der Waals surface area contributed by atoms with Gasteiger partial charge in [-0.1, -0.05) is 47.2 Å². The Labute approximate surface area is 282 Å². The average molecular weight is 761 g/mol. The number of rotatable bonds is 10. The molecule has 12 heteroatoms. The number of hydrogen-bond donors (Lipinski definition) is 0. The van der Waals surface area contributed by atoms with Crippen LogP contribution in [0.3, 0.4) is 0 Å². The normalized spacial score (nSPS) is 14.5. The summed E-state index contributed by atoms with van der Waals surface area (Å²) in [6.07, 6.45) is 1.78. The van der Waals surface area contributed by atoms with Crippen LogP contribution < -0.4 is 33.8 Å². The van der Waals surface area contributed by atoms with E-state index in [1.165, 1.54) is 23.0 Å². The molecule has 0 saturated heterocycles. The minimum absolute atomic E-state index is 0.178. The summed E-state index contributed by atoms with van der Waals surface area (Å²) in [5.41, 5.74) is 2.67. The topological polar surface area (TPSA) is 97.6 Å². The van der Waals surface area contributed by atoms with Crippen molar-refractivity contribution in [3.63, 3.8) is 0 Å². The Morgan fingerprint density at radius 1 is 1.04 bits per heavy atom. The number of halogens is 2. The predicted molar refractivity (Wildman–Crippen MR) is 181 cm³/mol. The first-order valence-corrected chi connectivity index (χ1v) is 16.1. The van der Waals surface area contributed by atoms with Crippen LogP contribution in [0.1, 0.15) is 36.6 Å². The maximum absolute atomic E-state index is 14.1. The van der Waals surface area contributed by atoms with Gasteiger partial charge in [-0.25, -0.2) is 9.79 Å². The first kappa shape index (κ1) is 32.6. The third kappa shape index (κ3) is 6.61. The van der Waals surface area contributed by atoms with E-state index in [0.29, 0.717) is 48.6 Å². The standard InChI is InChI=1S/C33H30ClIN2O7S/c1-6-43-32(39)28-18(2)36-33-37(29(28)20-11-12-24(40-3)25(16-20)41-4)31(38)27(45-33)15-19-13-23(35)30(26(14-19)42-5)44-17-21-9-7-8-10-22(21)34/h7-16,29H,6,17H2,1-5H3/t29-/m0/s1. The molecule has 3 aromatic carbocycles. The number of esters is 1. The summed E-state index contributed by atoms with van der Waals surface area (Å²) >= 11 is 9.72. The lowest BCUT2D eigenvalue weighted by Crippen LogP contribution is -2.40. The van der Waals surface area contributed by atoms with Gasteiger partial charge in [0.25, 0.3) is 5.56 Å². The number of thiazole rings is 1. The number of methoxy groups -OCH3 is 3. The molecule has 5 rings (SSSR count). The van der Waals surface area contributed by atoms with E-state index < -0.39 is 12.0 Å². The van der Waals surface area contributed by atoms with E-state index in [0.717, 1.165) is 14.7 Å². The van der Waals surface area contributed by atoms with Gasteiger partial charge in [0, 0.05) is 10.6 Å². The second kappa shape index (κ2) is 14.1. The van der Waals surface area contributed by atoms with Crippen LogP contribution in [0.15, 0.2) is 75.7 Å². The number of hydrogen-bond acceptors (Lipinski definition) is 9. The SMILES string of the molecule is CCOC(=O)C1=C(C)N=c2sc(=Cc3cc(I)c(OCc4ccccc4Cl)c(OC)c3)c(=O)n2[C@H]1c1ccc(OC)c(OC)c1. The average Bonchev–Trinajstić information content (AvgIpc) is 3.33. The van der Waals surface area contributed by atoms with Crippen LogP contribution in [-0.4, -0.2) is 38.5 Å². The van der Waals surface area contributed by atoms with Gasteiger partial charge < -0.3 is 23.7 Å². The van der Waals surface area contributed by atoms with Gasteiger partial charge in [0.15, 0.2) is 27.8 Å². The molecule has 4 aromatic rings. The van der Waals surface area contributed by atoms with E-state index in [9.17, 15) is 9.59 Å². The zero-order valence-electron chi connectivity index (χ0n) is 25.2. The van der Waals surface area contributed by atoms with Gasteiger partial charge in [0.2, 0.25) is 0 Å². The molecule has 1 aliphatic heterocycles. The summed E-state index contributed by atoms with van der Waals surface area (Å²) in [7, 11) is 4.64. The first-order valence-electron chi connectivity index (χ1n) is 13.9. The van der Waals surface area contributed by atoms with Gasteiger partial charge in [0.05, 0.1) is 53.4 Å². The van der Waals surface area contributed by atoms with Crippen LogP contribution in [0.4, 0.5) is 0 Å². The van der Waals surface area contributed by atoms with Crippen LogP contribution in [-0.2, 0) is 16.1 Å². The van der Waals surface area contributed by atoms with Crippen LogP contribution in [0.2, 0.25) is 5.02 Å². The van der Waals surface area contributed by atoms with Crippen molar-refractivity contribution < 1.29 is 28.5 Å². The lowest BCUT2D eigenvalue weighted by atomic mass is 9.95. The number of fused-ring (bicyclic) bond motifs is 1. The molecule has 0 spiro atoms. The van der Waals surface area contributed by atoms with Crippen molar-refractivity contribution in [1.82, 2.24) is 4.57 Å². The molecule has 1 aromatic heterocycles. The monoisotopic (exact) mass is 760 g/mol. The zero-order valence-corrected chi connectivity index (χ0v) is 28.9. The third-order valence-corrected chi connectivity index (χ3v) is 9.27. The highest BCUT2D eigenvalue weighted by molar-refractivity contribution is 14.1. The molecule has 1 atom stereocenters. The van der Waals surface area contributed by atoms with E-state index in [4.69, 9.17) is 35.3 Å². The quantitative estimate of drug-likeness (QED) is 0.152. The maximum Gasteiger partial charge on any atom is 0.338 e. The molecule has 0 unspecified atom stereocenters. The Morgan fingerprint density at radius 2 is 1.78 bits per heavy atom. The van der Waals surface area contributed by atoms with Gasteiger partial charge in [-0.3, -0.25) is 9.36 Å². The molecule has 45 heavy (non-hydrogen) atoms. The van der Waals surface area contributed by atoms with Gasteiger partial charge in [-0.15, -0.1) is 0 Å². The Kier molecular flexibility index (Phi) is 10.2. The minimum atomic E-state index is -0.794. The number of nitrogens with zero attached hydrogens (tertiary/aromatic N) is 2. The fourth-order valence-corrected chi connectivity index (χ4v) is 7.03. The maximum atomic E-state index is 14.1.